The molecule has 0 atom stereocenters. The van der Waals surface area contributed by atoms with Gasteiger partial charge in [0.25, 0.3) is 15.9 Å². The van der Waals surface area contributed by atoms with E-state index in [2.05, 4.69) is 15.0 Å². The lowest BCUT2D eigenvalue weighted by molar-refractivity contribution is 0.0980. The zero-order valence-electron chi connectivity index (χ0n) is 17.6. The summed E-state index contributed by atoms with van der Waals surface area (Å²) >= 11 is 5.84. The van der Waals surface area contributed by atoms with Gasteiger partial charge in [0.2, 0.25) is 11.8 Å². The van der Waals surface area contributed by atoms with Crippen LogP contribution >= 0.6 is 11.6 Å². The van der Waals surface area contributed by atoms with Gasteiger partial charge in [0.05, 0.1) is 24.5 Å². The third-order valence-corrected chi connectivity index (χ3v) is 6.39. The Morgan fingerprint density at radius 2 is 1.97 bits per heavy atom. The van der Waals surface area contributed by atoms with E-state index < -0.39 is 43.8 Å². The van der Waals surface area contributed by atoms with E-state index >= 15 is 4.39 Å². The summed E-state index contributed by atoms with van der Waals surface area (Å²) in [6.45, 7) is -0.293. The Labute approximate surface area is 197 Å². The van der Waals surface area contributed by atoms with Crippen LogP contribution in [0.2, 0.25) is 5.02 Å². The van der Waals surface area contributed by atoms with Gasteiger partial charge >= 0.3 is 0 Å². The molecule has 4 rings (SSSR count). The van der Waals surface area contributed by atoms with Crippen LogP contribution in [0.25, 0.3) is 0 Å². The van der Waals surface area contributed by atoms with E-state index in [4.69, 9.17) is 22.1 Å². The maximum atomic E-state index is 15.5. The van der Waals surface area contributed by atoms with Gasteiger partial charge in [-0.2, -0.15) is 4.98 Å². The van der Waals surface area contributed by atoms with Gasteiger partial charge in [-0.25, -0.2) is 27.2 Å². The molecular weight excluding hydrogens is 496 g/mol. The largest absolute Gasteiger partial charge is 0.480 e. The summed E-state index contributed by atoms with van der Waals surface area (Å²) in [5.41, 5.74) is 4.13. The molecule has 2 aromatic heterocycles. The molecule has 34 heavy (non-hydrogen) atoms. The Morgan fingerprint density at radius 1 is 1.24 bits per heavy atom. The number of nitrogens with zero attached hydrogens (tertiary/aromatic N) is 5. The molecule has 3 aromatic rings. The van der Waals surface area contributed by atoms with Crippen LogP contribution in [0.1, 0.15) is 10.4 Å². The van der Waals surface area contributed by atoms with Gasteiger partial charge in [0.15, 0.2) is 10.7 Å². The lowest BCUT2D eigenvalue weighted by Gasteiger charge is -2.35. The number of pyridine rings is 1. The van der Waals surface area contributed by atoms with Crippen molar-refractivity contribution >= 4 is 50.7 Å². The molecule has 3 N–H and O–H groups in total. The molecule has 1 aliphatic rings. The first-order valence-corrected chi connectivity index (χ1v) is 11.3. The first-order chi connectivity index (χ1) is 16.0. The van der Waals surface area contributed by atoms with Crippen molar-refractivity contribution < 1.29 is 26.7 Å². The van der Waals surface area contributed by atoms with Crippen molar-refractivity contribution in [3.63, 3.8) is 0 Å². The second-order valence-corrected chi connectivity index (χ2v) is 9.15. The Hall–Kier alpha value is -3.78. The number of nitrogen functional groups attached to an aromatic ring is 1. The van der Waals surface area contributed by atoms with Gasteiger partial charge < -0.3 is 15.4 Å². The molecule has 0 saturated heterocycles. The summed E-state index contributed by atoms with van der Waals surface area (Å²) in [7, 11) is -1.74. The molecule has 0 spiro atoms. The van der Waals surface area contributed by atoms with Crippen molar-refractivity contribution in [2.24, 2.45) is 0 Å². The second-order valence-electron chi connectivity index (χ2n) is 7.06. The minimum Gasteiger partial charge on any atom is -0.480 e. The Kier molecular flexibility index (Phi) is 5.87. The number of anilines is 4. The number of carbonyl (C=O) groups excluding carboxylic acids is 1. The normalized spacial score (nSPS) is 13.6. The Bertz CT molecular complexity index is 1420. The number of benzene rings is 1. The number of aromatic nitrogens is 3. The smallest absolute Gasteiger partial charge is 0.267 e. The topological polar surface area (TPSA) is 144 Å². The summed E-state index contributed by atoms with van der Waals surface area (Å²) in [5, 5.41) is -0.00934. The number of ether oxygens (including phenoxy) is 1. The molecule has 1 amide bonds. The van der Waals surface area contributed by atoms with Crippen LogP contribution < -0.4 is 25.0 Å². The van der Waals surface area contributed by atoms with E-state index in [1.807, 2.05) is 4.72 Å². The van der Waals surface area contributed by atoms with Gasteiger partial charge in [-0.3, -0.25) is 14.4 Å². The highest BCUT2D eigenvalue weighted by Gasteiger charge is 2.35. The first-order valence-electron chi connectivity index (χ1n) is 9.39. The molecule has 1 aliphatic heterocycles. The highest BCUT2D eigenvalue weighted by Crippen LogP contribution is 2.35. The van der Waals surface area contributed by atoms with E-state index in [-0.39, 0.29) is 34.9 Å². The maximum Gasteiger partial charge on any atom is 0.267 e. The fourth-order valence-electron chi connectivity index (χ4n) is 3.31. The average molecular weight is 512 g/mol. The zero-order chi connectivity index (χ0) is 24.8. The summed E-state index contributed by atoms with van der Waals surface area (Å²) < 4.78 is 63.0. The molecule has 0 saturated carbocycles. The van der Waals surface area contributed by atoms with Crippen molar-refractivity contribution in [2.75, 3.05) is 41.1 Å². The molecule has 178 valence electrons. The number of sulfonamides is 1. The quantitative estimate of drug-likeness (QED) is 0.527. The fourth-order valence-corrected chi connectivity index (χ4v) is 4.74. The molecule has 0 bridgehead atoms. The Morgan fingerprint density at radius 3 is 2.68 bits per heavy atom. The SMILES string of the molecule is COc1ncc(Cl)cc1S(=O)(=O)Nc1ccc(F)c(N2CN(C)c3nc(N)ncc3C2=O)c1F. The van der Waals surface area contributed by atoms with Crippen LogP contribution in [-0.4, -0.2) is 50.1 Å². The van der Waals surface area contributed by atoms with Gasteiger partial charge in [-0.1, -0.05) is 11.6 Å². The maximum absolute atomic E-state index is 15.5. The number of methoxy groups -OCH3 is 1. The van der Waals surface area contributed by atoms with Gasteiger partial charge in [-0.05, 0) is 18.2 Å². The van der Waals surface area contributed by atoms with Crippen LogP contribution in [0.5, 0.6) is 5.88 Å². The van der Waals surface area contributed by atoms with Crippen LogP contribution in [0.4, 0.5) is 31.9 Å². The first kappa shape index (κ1) is 23.4. The number of nitrogens with two attached hydrogens (primary N) is 1. The minimum atomic E-state index is -4.47. The van der Waals surface area contributed by atoms with Gasteiger partial charge in [0.1, 0.15) is 22.9 Å². The molecule has 11 nitrogen and oxygen atoms in total. The number of amides is 1. The predicted molar refractivity (Wildman–Crippen MR) is 119 cm³/mol. The van der Waals surface area contributed by atoms with Crippen LogP contribution in [-0.2, 0) is 10.0 Å². The number of hydrogen-bond acceptors (Lipinski definition) is 9. The lowest BCUT2D eigenvalue weighted by atomic mass is 10.1. The van der Waals surface area contributed by atoms with E-state index in [1.54, 1.807) is 0 Å². The Balaban J connectivity index is 1.76. The third-order valence-electron chi connectivity index (χ3n) is 4.83. The van der Waals surface area contributed by atoms with Gasteiger partial charge in [0, 0.05) is 19.4 Å². The molecule has 15 heteroatoms. The summed E-state index contributed by atoms with van der Waals surface area (Å²) in [6.07, 6.45) is 2.31. The van der Waals surface area contributed by atoms with Crippen LogP contribution in [0.3, 0.4) is 0 Å². The molecular formula is C19H16ClF2N7O4S. The number of nitrogens with one attached hydrogen (secondary N) is 1. The molecule has 0 radical (unpaired) electrons. The third kappa shape index (κ3) is 4.01. The number of fused-ring (bicyclic) bond motifs is 1. The number of carbonyl (C=O) groups is 1. The summed E-state index contributed by atoms with van der Waals surface area (Å²) in [6, 6.07) is 2.77. The zero-order valence-corrected chi connectivity index (χ0v) is 19.2. The van der Waals surface area contributed by atoms with Gasteiger partial charge in [-0.15, -0.1) is 0 Å². The van der Waals surface area contributed by atoms with Crippen molar-refractivity contribution in [3.8, 4) is 5.88 Å². The summed E-state index contributed by atoms with van der Waals surface area (Å²) in [5.74, 6) is -3.39. The number of hydrogen-bond donors (Lipinski definition) is 2. The second kappa shape index (κ2) is 8.53. The van der Waals surface area contributed by atoms with Crippen LogP contribution in [0, 0.1) is 11.6 Å². The number of halogens is 3. The minimum absolute atomic E-state index is 0.00934. The molecule has 0 unspecified atom stereocenters. The van der Waals surface area contributed by atoms with Crippen molar-refractivity contribution in [2.45, 2.75) is 4.90 Å². The molecule has 0 aliphatic carbocycles. The summed E-state index contributed by atoms with van der Waals surface area (Å²) in [4.78, 5) is 26.3. The molecule has 0 fully saturated rings. The fraction of sp³-hybridized carbons (Fsp3) is 0.158. The van der Waals surface area contributed by atoms with Crippen molar-refractivity contribution in [3.05, 3.63) is 52.8 Å². The highest BCUT2D eigenvalue weighted by atomic mass is 35.5. The van der Waals surface area contributed by atoms with Crippen LogP contribution in [0.15, 0.2) is 35.5 Å². The van der Waals surface area contributed by atoms with E-state index in [9.17, 15) is 17.6 Å². The standard InChI is InChI=1S/C19H16ClF2N7O4S/c1-28-8-29(18(30)10-7-25-19(23)26-16(10)28)15-11(21)3-4-12(14(15)22)27-34(31,32)13-5-9(20)6-24-17(13)33-2/h3-7,27H,8H2,1-2H3,(H2,23,25,26). The van der Waals surface area contributed by atoms with Crippen molar-refractivity contribution in [1.82, 2.24) is 15.0 Å². The highest BCUT2D eigenvalue weighted by molar-refractivity contribution is 7.92. The predicted octanol–water partition coefficient (Wildman–Crippen LogP) is 2.25. The molecule has 3 heterocycles. The number of rotatable bonds is 5. The molecule has 1 aromatic carbocycles. The average Bonchev–Trinajstić information content (AvgIpc) is 2.79. The van der Waals surface area contributed by atoms with E-state index in [0.717, 1.165) is 29.3 Å². The van der Waals surface area contributed by atoms with Crippen molar-refractivity contribution in [1.29, 1.82) is 0 Å². The van der Waals surface area contributed by atoms with E-state index in [1.165, 1.54) is 25.3 Å². The van der Waals surface area contributed by atoms with E-state index in [0.29, 0.717) is 0 Å². The monoisotopic (exact) mass is 511 g/mol. The lowest BCUT2D eigenvalue weighted by Crippen LogP contribution is -2.46.